The van der Waals surface area contributed by atoms with Gasteiger partial charge in [-0.05, 0) is 13.0 Å². The highest BCUT2D eigenvalue weighted by Crippen LogP contribution is 2.42. The van der Waals surface area contributed by atoms with Gasteiger partial charge in [-0.3, -0.25) is 4.68 Å². The normalized spacial score (nSPS) is 25.8. The van der Waals surface area contributed by atoms with E-state index in [0.717, 1.165) is 31.7 Å². The molecule has 0 aromatic carbocycles. The standard InChI is InChI=1S/C14H25N3O/c1-5-7-17-10-11(9-16-17)18-13-8-12(15-6-2)14(13,3)4/h9-10,12-13,15H,5-8H2,1-4H3. The van der Waals surface area contributed by atoms with E-state index in [4.69, 9.17) is 4.74 Å². The Kier molecular flexibility index (Phi) is 3.95. The quantitative estimate of drug-likeness (QED) is 0.844. The van der Waals surface area contributed by atoms with Crippen LogP contribution in [0.3, 0.4) is 0 Å². The number of rotatable bonds is 6. The number of aryl methyl sites for hydroxylation is 1. The molecule has 1 aromatic rings. The summed E-state index contributed by atoms with van der Waals surface area (Å²) in [4.78, 5) is 0. The minimum atomic E-state index is 0.197. The van der Waals surface area contributed by atoms with Gasteiger partial charge in [0.2, 0.25) is 0 Å². The van der Waals surface area contributed by atoms with Crippen LogP contribution in [0.2, 0.25) is 0 Å². The van der Waals surface area contributed by atoms with Crippen LogP contribution >= 0.6 is 0 Å². The van der Waals surface area contributed by atoms with E-state index in [1.807, 2.05) is 17.1 Å². The molecule has 0 aliphatic heterocycles. The molecule has 4 nitrogen and oxygen atoms in total. The largest absolute Gasteiger partial charge is 0.486 e. The molecule has 2 rings (SSSR count). The summed E-state index contributed by atoms with van der Waals surface area (Å²) in [5.74, 6) is 0.900. The lowest BCUT2D eigenvalue weighted by atomic mass is 9.64. The van der Waals surface area contributed by atoms with Crippen LogP contribution in [0.5, 0.6) is 5.75 Å². The molecule has 0 bridgehead atoms. The predicted molar refractivity (Wildman–Crippen MR) is 72.8 cm³/mol. The summed E-state index contributed by atoms with van der Waals surface area (Å²) < 4.78 is 7.99. The molecule has 1 N–H and O–H groups in total. The average molecular weight is 251 g/mol. The highest BCUT2D eigenvalue weighted by Gasteiger charge is 2.49. The number of aromatic nitrogens is 2. The van der Waals surface area contributed by atoms with Crippen molar-refractivity contribution in [1.82, 2.24) is 15.1 Å². The van der Waals surface area contributed by atoms with Crippen molar-refractivity contribution < 1.29 is 4.74 Å². The topological polar surface area (TPSA) is 39.1 Å². The van der Waals surface area contributed by atoms with Crippen molar-refractivity contribution >= 4 is 0 Å². The fraction of sp³-hybridized carbons (Fsp3) is 0.786. The average Bonchev–Trinajstić information content (AvgIpc) is 2.76. The first-order valence-electron chi connectivity index (χ1n) is 7.00. The number of hydrogen-bond acceptors (Lipinski definition) is 3. The van der Waals surface area contributed by atoms with Gasteiger partial charge >= 0.3 is 0 Å². The second-order valence-corrected chi connectivity index (χ2v) is 5.71. The molecule has 0 saturated heterocycles. The summed E-state index contributed by atoms with van der Waals surface area (Å²) in [5, 5.41) is 7.81. The highest BCUT2D eigenvalue weighted by molar-refractivity contribution is 5.15. The molecule has 18 heavy (non-hydrogen) atoms. The molecule has 0 spiro atoms. The van der Waals surface area contributed by atoms with Crippen LogP contribution in [0, 0.1) is 5.41 Å². The Morgan fingerprint density at radius 3 is 2.89 bits per heavy atom. The monoisotopic (exact) mass is 251 g/mol. The van der Waals surface area contributed by atoms with Gasteiger partial charge in [0.1, 0.15) is 6.10 Å². The maximum Gasteiger partial charge on any atom is 0.157 e. The Morgan fingerprint density at radius 1 is 1.50 bits per heavy atom. The van der Waals surface area contributed by atoms with Gasteiger partial charge in [-0.25, -0.2) is 0 Å². The first kappa shape index (κ1) is 13.4. The van der Waals surface area contributed by atoms with Crippen LogP contribution in [0.15, 0.2) is 12.4 Å². The summed E-state index contributed by atoms with van der Waals surface area (Å²) in [6.07, 6.45) is 6.30. The Bertz CT molecular complexity index is 386. The first-order valence-corrected chi connectivity index (χ1v) is 7.00. The summed E-state index contributed by atoms with van der Waals surface area (Å²) in [7, 11) is 0. The lowest BCUT2D eigenvalue weighted by Crippen LogP contribution is -2.62. The molecule has 4 heteroatoms. The van der Waals surface area contributed by atoms with E-state index in [1.54, 1.807) is 0 Å². The fourth-order valence-corrected chi connectivity index (χ4v) is 2.60. The van der Waals surface area contributed by atoms with Gasteiger partial charge in [-0.15, -0.1) is 0 Å². The van der Waals surface area contributed by atoms with Gasteiger partial charge in [0.25, 0.3) is 0 Å². The third-order valence-electron chi connectivity index (χ3n) is 3.97. The number of nitrogens with zero attached hydrogens (tertiary/aromatic N) is 2. The van der Waals surface area contributed by atoms with E-state index in [2.05, 4.69) is 38.1 Å². The number of nitrogens with one attached hydrogen (secondary N) is 1. The van der Waals surface area contributed by atoms with E-state index < -0.39 is 0 Å². The molecule has 102 valence electrons. The van der Waals surface area contributed by atoms with Crippen molar-refractivity contribution in [2.24, 2.45) is 5.41 Å². The molecule has 1 heterocycles. The van der Waals surface area contributed by atoms with E-state index in [1.165, 1.54) is 0 Å². The van der Waals surface area contributed by atoms with Crippen molar-refractivity contribution in [3.63, 3.8) is 0 Å². The Labute approximate surface area is 110 Å². The zero-order chi connectivity index (χ0) is 13.2. The summed E-state index contributed by atoms with van der Waals surface area (Å²) >= 11 is 0. The van der Waals surface area contributed by atoms with Crippen LogP contribution < -0.4 is 10.1 Å². The molecular formula is C14H25N3O. The maximum atomic E-state index is 6.05. The van der Waals surface area contributed by atoms with E-state index in [0.29, 0.717) is 12.1 Å². The lowest BCUT2D eigenvalue weighted by molar-refractivity contribution is -0.0541. The molecule has 1 aliphatic rings. The van der Waals surface area contributed by atoms with Crippen molar-refractivity contribution in [3.05, 3.63) is 12.4 Å². The van der Waals surface area contributed by atoms with Gasteiger partial charge in [0, 0.05) is 24.4 Å². The third kappa shape index (κ3) is 2.53. The number of ether oxygens (including phenoxy) is 1. The zero-order valence-electron chi connectivity index (χ0n) is 11.9. The molecule has 2 unspecified atom stereocenters. The van der Waals surface area contributed by atoms with Crippen LogP contribution in [0.1, 0.15) is 40.5 Å². The second kappa shape index (κ2) is 5.31. The summed E-state index contributed by atoms with van der Waals surface area (Å²) in [5.41, 5.74) is 0.197. The van der Waals surface area contributed by atoms with Crippen molar-refractivity contribution in [3.8, 4) is 5.75 Å². The third-order valence-corrected chi connectivity index (χ3v) is 3.97. The van der Waals surface area contributed by atoms with Crippen molar-refractivity contribution in [2.45, 2.75) is 59.2 Å². The number of hydrogen-bond donors (Lipinski definition) is 1. The van der Waals surface area contributed by atoms with Gasteiger partial charge < -0.3 is 10.1 Å². The lowest BCUT2D eigenvalue weighted by Gasteiger charge is -2.51. The fourth-order valence-electron chi connectivity index (χ4n) is 2.60. The molecule has 0 radical (unpaired) electrons. The van der Waals surface area contributed by atoms with Gasteiger partial charge in [-0.1, -0.05) is 27.7 Å². The summed E-state index contributed by atoms with van der Waals surface area (Å²) in [6.45, 7) is 10.8. The van der Waals surface area contributed by atoms with Crippen molar-refractivity contribution in [2.75, 3.05) is 6.54 Å². The smallest absolute Gasteiger partial charge is 0.157 e. The predicted octanol–water partition coefficient (Wildman–Crippen LogP) is 2.45. The van der Waals surface area contributed by atoms with Gasteiger partial charge in [0.05, 0.1) is 12.4 Å². The SMILES string of the molecule is CCCn1cc(OC2CC(NCC)C2(C)C)cn1. The van der Waals surface area contributed by atoms with Gasteiger partial charge in [-0.2, -0.15) is 5.10 Å². The minimum absolute atomic E-state index is 0.197. The molecular weight excluding hydrogens is 226 g/mol. The van der Waals surface area contributed by atoms with E-state index >= 15 is 0 Å². The Hall–Kier alpha value is -1.03. The molecule has 0 amide bonds. The van der Waals surface area contributed by atoms with Gasteiger partial charge in [0.15, 0.2) is 5.75 Å². The second-order valence-electron chi connectivity index (χ2n) is 5.71. The summed E-state index contributed by atoms with van der Waals surface area (Å²) in [6, 6.07) is 0.568. The van der Waals surface area contributed by atoms with Crippen LogP contribution in [-0.2, 0) is 6.54 Å². The van der Waals surface area contributed by atoms with Crippen LogP contribution in [-0.4, -0.2) is 28.5 Å². The molecule has 1 fully saturated rings. The molecule has 1 saturated carbocycles. The van der Waals surface area contributed by atoms with Crippen LogP contribution in [0.4, 0.5) is 0 Å². The zero-order valence-corrected chi connectivity index (χ0v) is 11.9. The highest BCUT2D eigenvalue weighted by atomic mass is 16.5. The molecule has 2 atom stereocenters. The molecule has 1 aromatic heterocycles. The molecule has 1 aliphatic carbocycles. The Balaban J connectivity index is 1.90. The Morgan fingerprint density at radius 2 is 2.28 bits per heavy atom. The van der Waals surface area contributed by atoms with E-state index in [9.17, 15) is 0 Å². The first-order chi connectivity index (χ1) is 8.57. The van der Waals surface area contributed by atoms with Crippen molar-refractivity contribution in [1.29, 1.82) is 0 Å². The van der Waals surface area contributed by atoms with Crippen LogP contribution in [0.25, 0.3) is 0 Å². The van der Waals surface area contributed by atoms with E-state index in [-0.39, 0.29) is 5.41 Å². The maximum absolute atomic E-state index is 6.05. The minimum Gasteiger partial charge on any atom is -0.486 e.